The first kappa shape index (κ1) is 10.2. The van der Waals surface area contributed by atoms with Gasteiger partial charge >= 0.3 is 0 Å². The van der Waals surface area contributed by atoms with E-state index in [-0.39, 0.29) is 5.41 Å². The van der Waals surface area contributed by atoms with Gasteiger partial charge in [0.2, 0.25) is 0 Å². The van der Waals surface area contributed by atoms with Gasteiger partial charge in [-0.25, -0.2) is 0 Å². The Bertz CT molecular complexity index is 425. The number of allylic oxidation sites excluding steroid dienone is 8. The van der Waals surface area contributed by atoms with Crippen LogP contribution in [0.2, 0.25) is 0 Å². The van der Waals surface area contributed by atoms with Crippen molar-refractivity contribution in [2.24, 2.45) is 11.3 Å². The molecule has 1 fully saturated rings. The number of hydrogen-bond donors (Lipinski definition) is 0. The minimum Gasteiger partial charge on any atom is -0.0946 e. The van der Waals surface area contributed by atoms with E-state index in [1.807, 2.05) is 0 Å². The Kier molecular flexibility index (Phi) is 2.11. The zero-order valence-electron chi connectivity index (χ0n) is 9.80. The smallest absolute Gasteiger partial charge is 0.00614 e. The zero-order valence-corrected chi connectivity index (χ0v) is 9.80. The topological polar surface area (TPSA) is 0 Å². The molecule has 0 aliphatic heterocycles. The molecule has 2 aliphatic carbocycles. The van der Waals surface area contributed by atoms with Crippen LogP contribution in [0.5, 0.6) is 0 Å². The van der Waals surface area contributed by atoms with Gasteiger partial charge in [0.1, 0.15) is 0 Å². The van der Waals surface area contributed by atoms with Crippen LogP contribution in [-0.2, 0) is 0 Å². The fourth-order valence-electron chi connectivity index (χ4n) is 2.20. The molecule has 0 N–H and O–H groups in total. The molecule has 0 nitrogen and oxygen atoms in total. The van der Waals surface area contributed by atoms with E-state index in [4.69, 9.17) is 0 Å². The van der Waals surface area contributed by atoms with Crippen LogP contribution in [0.1, 0.15) is 20.8 Å². The SMILES string of the molecule is C=C1C2=CC=CC(C)(C)C=C2C(=C)C1C. The summed E-state index contributed by atoms with van der Waals surface area (Å²) in [5.74, 6) is 0.393. The van der Waals surface area contributed by atoms with Gasteiger partial charge in [0, 0.05) is 11.3 Å². The van der Waals surface area contributed by atoms with Gasteiger partial charge in [0.15, 0.2) is 0 Å². The van der Waals surface area contributed by atoms with Crippen molar-refractivity contribution < 1.29 is 0 Å². The number of hydrogen-bond acceptors (Lipinski definition) is 0. The highest BCUT2D eigenvalue weighted by atomic mass is 14.3. The summed E-state index contributed by atoms with van der Waals surface area (Å²) in [5.41, 5.74) is 5.09. The highest BCUT2D eigenvalue weighted by Gasteiger charge is 2.30. The summed E-state index contributed by atoms with van der Waals surface area (Å²) in [6.07, 6.45) is 8.82. The lowest BCUT2D eigenvalue weighted by Gasteiger charge is -2.15. The molecule has 0 aromatic carbocycles. The standard InChI is InChI=1S/C15H18/c1-10-11(2)13-7-6-8-15(4,5)9-14(13)12(10)3/h6-10H,2-3H2,1,4-5H3. The van der Waals surface area contributed by atoms with E-state index in [1.165, 1.54) is 22.3 Å². The maximum atomic E-state index is 4.18. The van der Waals surface area contributed by atoms with Crippen LogP contribution < -0.4 is 0 Å². The molecule has 15 heavy (non-hydrogen) atoms. The molecule has 0 aromatic rings. The maximum Gasteiger partial charge on any atom is 0.00614 e. The Morgan fingerprint density at radius 3 is 2.40 bits per heavy atom. The molecule has 2 aliphatic rings. The van der Waals surface area contributed by atoms with Crippen LogP contribution in [0.3, 0.4) is 0 Å². The van der Waals surface area contributed by atoms with Crippen LogP contribution in [0.25, 0.3) is 0 Å². The lowest BCUT2D eigenvalue weighted by Crippen LogP contribution is -2.03. The van der Waals surface area contributed by atoms with Gasteiger partial charge in [0.05, 0.1) is 0 Å². The molecule has 1 unspecified atom stereocenters. The van der Waals surface area contributed by atoms with Gasteiger partial charge < -0.3 is 0 Å². The normalized spacial score (nSPS) is 28.3. The van der Waals surface area contributed by atoms with Crippen LogP contribution in [0, 0.1) is 11.3 Å². The largest absolute Gasteiger partial charge is 0.0946 e. The van der Waals surface area contributed by atoms with E-state index < -0.39 is 0 Å². The predicted molar refractivity (Wildman–Crippen MR) is 66.5 cm³/mol. The molecule has 1 saturated carbocycles. The summed E-state index contributed by atoms with van der Waals surface area (Å²) in [6.45, 7) is 14.9. The van der Waals surface area contributed by atoms with Gasteiger partial charge in [-0.2, -0.15) is 0 Å². The second kappa shape index (κ2) is 3.10. The van der Waals surface area contributed by atoms with Gasteiger partial charge in [-0.1, -0.05) is 58.2 Å². The molecule has 78 valence electrons. The van der Waals surface area contributed by atoms with Crippen molar-refractivity contribution in [1.29, 1.82) is 0 Å². The quantitative estimate of drug-likeness (QED) is 0.547. The summed E-state index contributed by atoms with van der Waals surface area (Å²) in [6, 6.07) is 0. The number of fused-ring (bicyclic) bond motifs is 1. The lowest BCUT2D eigenvalue weighted by molar-refractivity contribution is 0.623. The molecule has 0 bridgehead atoms. The van der Waals surface area contributed by atoms with Crippen molar-refractivity contribution in [3.63, 3.8) is 0 Å². The molecule has 1 atom stereocenters. The van der Waals surface area contributed by atoms with E-state index in [9.17, 15) is 0 Å². The summed E-state index contributed by atoms with van der Waals surface area (Å²) in [7, 11) is 0. The minimum atomic E-state index is 0.112. The van der Waals surface area contributed by atoms with E-state index in [2.05, 4.69) is 58.2 Å². The summed E-state index contributed by atoms with van der Waals surface area (Å²) >= 11 is 0. The van der Waals surface area contributed by atoms with Crippen LogP contribution in [0.4, 0.5) is 0 Å². The predicted octanol–water partition coefficient (Wildman–Crippen LogP) is 4.20. The molecule has 0 aromatic heterocycles. The van der Waals surface area contributed by atoms with Crippen LogP contribution in [-0.4, -0.2) is 0 Å². The first-order valence-corrected chi connectivity index (χ1v) is 5.43. The van der Waals surface area contributed by atoms with E-state index in [0.717, 1.165) is 0 Å². The Labute approximate surface area is 92.4 Å². The van der Waals surface area contributed by atoms with Gasteiger partial charge in [-0.05, 0) is 22.3 Å². The Morgan fingerprint density at radius 2 is 1.73 bits per heavy atom. The molecule has 0 heteroatoms. The van der Waals surface area contributed by atoms with E-state index in [1.54, 1.807) is 0 Å². The molecule has 0 saturated heterocycles. The van der Waals surface area contributed by atoms with Crippen LogP contribution in [0.15, 0.2) is 59.8 Å². The zero-order chi connectivity index (χ0) is 11.2. The van der Waals surface area contributed by atoms with Crippen molar-refractivity contribution in [3.8, 4) is 0 Å². The molecular formula is C15H18. The molecular weight excluding hydrogens is 180 g/mol. The Hall–Kier alpha value is -1.30. The molecule has 2 rings (SSSR count). The molecule has 0 radical (unpaired) electrons. The molecule has 0 amide bonds. The third-order valence-electron chi connectivity index (χ3n) is 3.33. The van der Waals surface area contributed by atoms with Gasteiger partial charge in [-0.3, -0.25) is 0 Å². The second-order valence-electron chi connectivity index (χ2n) is 5.09. The third kappa shape index (κ3) is 1.54. The first-order valence-electron chi connectivity index (χ1n) is 5.43. The summed E-state index contributed by atoms with van der Waals surface area (Å²) in [5, 5.41) is 0. The van der Waals surface area contributed by atoms with Crippen LogP contribution >= 0.6 is 0 Å². The Morgan fingerprint density at radius 1 is 1.13 bits per heavy atom. The van der Waals surface area contributed by atoms with Crippen molar-refractivity contribution in [2.75, 3.05) is 0 Å². The van der Waals surface area contributed by atoms with Crippen molar-refractivity contribution in [3.05, 3.63) is 59.8 Å². The Balaban J connectivity index is 2.59. The van der Waals surface area contributed by atoms with Gasteiger partial charge in [0.25, 0.3) is 0 Å². The maximum absolute atomic E-state index is 4.18. The average molecular weight is 198 g/mol. The second-order valence-corrected chi connectivity index (χ2v) is 5.09. The lowest BCUT2D eigenvalue weighted by atomic mass is 9.89. The van der Waals surface area contributed by atoms with Crippen molar-refractivity contribution in [2.45, 2.75) is 20.8 Å². The van der Waals surface area contributed by atoms with Crippen molar-refractivity contribution >= 4 is 0 Å². The fourth-order valence-corrected chi connectivity index (χ4v) is 2.20. The third-order valence-corrected chi connectivity index (χ3v) is 3.33. The summed E-state index contributed by atoms with van der Waals surface area (Å²) in [4.78, 5) is 0. The average Bonchev–Trinajstić information content (AvgIpc) is 2.35. The minimum absolute atomic E-state index is 0.112. The highest BCUT2D eigenvalue weighted by Crippen LogP contribution is 2.45. The molecule has 0 spiro atoms. The highest BCUT2D eigenvalue weighted by molar-refractivity contribution is 5.66. The first-order chi connectivity index (χ1) is 6.92. The number of rotatable bonds is 0. The van der Waals surface area contributed by atoms with E-state index in [0.29, 0.717) is 5.92 Å². The monoisotopic (exact) mass is 198 g/mol. The van der Waals surface area contributed by atoms with Crippen molar-refractivity contribution in [1.82, 2.24) is 0 Å². The van der Waals surface area contributed by atoms with Gasteiger partial charge in [-0.15, -0.1) is 0 Å². The molecule has 0 heterocycles. The fraction of sp³-hybridized carbons (Fsp3) is 0.333. The summed E-state index contributed by atoms with van der Waals surface area (Å²) < 4.78 is 0. The van der Waals surface area contributed by atoms with E-state index >= 15 is 0 Å².